The van der Waals surface area contributed by atoms with Crippen molar-refractivity contribution in [3.05, 3.63) is 30.3 Å². The molecule has 1 aliphatic heterocycles. The maximum absolute atomic E-state index is 12.1. The van der Waals surface area contributed by atoms with Crippen LogP contribution in [-0.2, 0) is 4.79 Å². The second kappa shape index (κ2) is 5.09. The first-order valence-electron chi connectivity index (χ1n) is 5.49. The maximum Gasteiger partial charge on any atom is 0.246 e. The molecule has 1 N–H and O–H groups in total. The Balaban J connectivity index is 2.04. The van der Waals surface area contributed by atoms with Crippen molar-refractivity contribution < 1.29 is 4.79 Å². The number of likely N-dealkylation sites (N-methyl/N-ethyl adjacent to an activating group) is 1. The molecule has 16 heavy (non-hydrogen) atoms. The Hall–Kier alpha value is -1.39. The van der Waals surface area contributed by atoms with Gasteiger partial charge in [-0.2, -0.15) is 0 Å². The number of nitrogens with zero attached hydrogens (tertiary/aromatic N) is 2. The van der Waals surface area contributed by atoms with Crippen LogP contribution in [0.2, 0.25) is 0 Å². The lowest BCUT2D eigenvalue weighted by molar-refractivity contribution is -0.120. The van der Waals surface area contributed by atoms with Crippen LogP contribution in [0.1, 0.15) is 0 Å². The van der Waals surface area contributed by atoms with Crippen LogP contribution in [0.25, 0.3) is 0 Å². The van der Waals surface area contributed by atoms with Crippen molar-refractivity contribution in [1.82, 2.24) is 10.6 Å². The van der Waals surface area contributed by atoms with Crippen LogP contribution in [0.15, 0.2) is 30.3 Å². The summed E-state index contributed by atoms with van der Waals surface area (Å²) in [5.74, 6) is 0.0541. The molecule has 1 radical (unpaired) electrons. The molecule has 4 heteroatoms. The van der Waals surface area contributed by atoms with Gasteiger partial charge in [0.25, 0.3) is 0 Å². The lowest BCUT2D eigenvalue weighted by atomic mass is 10.2. The van der Waals surface area contributed by atoms with E-state index >= 15 is 0 Å². The third-order valence-electron chi connectivity index (χ3n) is 2.73. The van der Waals surface area contributed by atoms with E-state index in [1.54, 1.807) is 11.9 Å². The molecule has 1 amide bonds. The molecular formula is C12H16N3O. The summed E-state index contributed by atoms with van der Waals surface area (Å²) < 4.78 is 0. The number of benzene rings is 1. The zero-order chi connectivity index (χ0) is 11.4. The van der Waals surface area contributed by atoms with Gasteiger partial charge in [0.1, 0.15) is 6.04 Å². The van der Waals surface area contributed by atoms with Crippen molar-refractivity contribution in [3.8, 4) is 0 Å². The van der Waals surface area contributed by atoms with Crippen LogP contribution in [0.3, 0.4) is 0 Å². The minimum Gasteiger partial charge on any atom is -0.314 e. The molecular weight excluding hydrogens is 202 g/mol. The summed E-state index contributed by atoms with van der Waals surface area (Å²) >= 11 is 0. The number of piperazine rings is 1. The monoisotopic (exact) mass is 218 g/mol. The highest BCUT2D eigenvalue weighted by atomic mass is 16.2. The molecule has 1 aromatic carbocycles. The zero-order valence-electron chi connectivity index (χ0n) is 9.39. The number of hydrogen-bond acceptors (Lipinski definition) is 2. The Morgan fingerprint density at radius 1 is 1.44 bits per heavy atom. The fourth-order valence-electron chi connectivity index (χ4n) is 1.77. The molecule has 1 atom stereocenters. The van der Waals surface area contributed by atoms with Crippen LogP contribution in [0.5, 0.6) is 0 Å². The van der Waals surface area contributed by atoms with Crippen LogP contribution in [-0.4, -0.2) is 38.6 Å². The highest BCUT2D eigenvalue weighted by Crippen LogP contribution is 2.12. The van der Waals surface area contributed by atoms with Gasteiger partial charge in [-0.05, 0) is 12.1 Å². The summed E-state index contributed by atoms with van der Waals surface area (Å²) in [5, 5.41) is 7.50. The van der Waals surface area contributed by atoms with Crippen molar-refractivity contribution in [2.45, 2.75) is 6.04 Å². The lowest BCUT2D eigenvalue weighted by Crippen LogP contribution is -2.52. The Labute approximate surface area is 95.6 Å². The van der Waals surface area contributed by atoms with E-state index in [1.807, 2.05) is 30.3 Å². The topological polar surface area (TPSA) is 46.4 Å². The van der Waals surface area contributed by atoms with E-state index in [1.165, 1.54) is 0 Å². The van der Waals surface area contributed by atoms with Gasteiger partial charge in [0, 0.05) is 32.4 Å². The molecule has 0 spiro atoms. The number of hydrogen-bond donors (Lipinski definition) is 1. The summed E-state index contributed by atoms with van der Waals surface area (Å²) in [6.45, 7) is 2.24. The first-order chi connectivity index (χ1) is 7.79. The van der Waals surface area contributed by atoms with Gasteiger partial charge in [-0.15, -0.1) is 0 Å². The van der Waals surface area contributed by atoms with E-state index in [-0.39, 0.29) is 11.9 Å². The molecule has 1 fully saturated rings. The van der Waals surface area contributed by atoms with E-state index in [4.69, 9.17) is 0 Å². The number of rotatable bonds is 2. The summed E-state index contributed by atoms with van der Waals surface area (Å²) in [6.07, 6.45) is 0. The molecule has 2 rings (SSSR count). The van der Waals surface area contributed by atoms with E-state index in [0.29, 0.717) is 6.54 Å². The van der Waals surface area contributed by atoms with E-state index < -0.39 is 0 Å². The van der Waals surface area contributed by atoms with Gasteiger partial charge in [-0.1, -0.05) is 18.2 Å². The molecule has 0 bridgehead atoms. The molecule has 1 heterocycles. The van der Waals surface area contributed by atoms with Crippen molar-refractivity contribution >= 4 is 11.6 Å². The second-order valence-corrected chi connectivity index (χ2v) is 3.86. The Morgan fingerprint density at radius 2 is 2.19 bits per heavy atom. The average molecular weight is 218 g/mol. The molecule has 85 valence electrons. The fourth-order valence-corrected chi connectivity index (χ4v) is 1.77. The van der Waals surface area contributed by atoms with E-state index in [9.17, 15) is 4.79 Å². The van der Waals surface area contributed by atoms with Gasteiger partial charge in [-0.25, -0.2) is 5.32 Å². The predicted octanol–water partition coefficient (Wildman–Crippen LogP) is 0.226. The highest BCUT2D eigenvalue weighted by Gasteiger charge is 2.25. The normalized spacial score (nSPS) is 20.4. The van der Waals surface area contributed by atoms with Gasteiger partial charge in [0.2, 0.25) is 5.91 Å². The second-order valence-electron chi connectivity index (χ2n) is 3.86. The standard InChI is InChI=1S/C12H16N3O/c1-15(10-5-3-2-4-6-10)12(16)11-9-13-7-8-14-11/h2-6,11,13H,7-9H2,1H3. The van der Waals surface area contributed by atoms with Gasteiger partial charge in [0.05, 0.1) is 0 Å². The number of anilines is 1. The summed E-state index contributed by atoms with van der Waals surface area (Å²) in [4.78, 5) is 13.8. The van der Waals surface area contributed by atoms with Gasteiger partial charge >= 0.3 is 0 Å². The van der Waals surface area contributed by atoms with Crippen LogP contribution in [0, 0.1) is 0 Å². The van der Waals surface area contributed by atoms with Crippen LogP contribution >= 0.6 is 0 Å². The maximum atomic E-state index is 12.1. The van der Waals surface area contributed by atoms with Crippen LogP contribution in [0.4, 0.5) is 5.69 Å². The van der Waals surface area contributed by atoms with Gasteiger partial charge in [0.15, 0.2) is 0 Å². The third-order valence-corrected chi connectivity index (χ3v) is 2.73. The van der Waals surface area contributed by atoms with E-state index in [2.05, 4.69) is 10.6 Å². The van der Waals surface area contributed by atoms with Crippen molar-refractivity contribution in [3.63, 3.8) is 0 Å². The molecule has 0 aliphatic carbocycles. The largest absolute Gasteiger partial charge is 0.314 e. The van der Waals surface area contributed by atoms with Crippen molar-refractivity contribution in [2.24, 2.45) is 0 Å². The molecule has 4 nitrogen and oxygen atoms in total. The summed E-state index contributed by atoms with van der Waals surface area (Å²) in [6, 6.07) is 9.40. The summed E-state index contributed by atoms with van der Waals surface area (Å²) in [7, 11) is 1.79. The first-order valence-corrected chi connectivity index (χ1v) is 5.49. The Morgan fingerprint density at radius 3 is 2.81 bits per heavy atom. The minimum absolute atomic E-state index is 0.0541. The Bertz CT molecular complexity index is 347. The molecule has 1 aromatic rings. The highest BCUT2D eigenvalue weighted by molar-refractivity contribution is 5.96. The van der Waals surface area contributed by atoms with Crippen LogP contribution < -0.4 is 15.5 Å². The minimum atomic E-state index is -0.237. The number of amides is 1. The number of nitrogens with one attached hydrogen (secondary N) is 1. The van der Waals surface area contributed by atoms with Crippen molar-refractivity contribution in [2.75, 3.05) is 31.6 Å². The fraction of sp³-hybridized carbons (Fsp3) is 0.417. The predicted molar refractivity (Wildman–Crippen MR) is 63.5 cm³/mol. The molecule has 0 aromatic heterocycles. The van der Waals surface area contributed by atoms with E-state index in [0.717, 1.165) is 18.8 Å². The average Bonchev–Trinajstić information content (AvgIpc) is 2.39. The number of carbonyl (C=O) groups excluding carboxylic acids is 1. The SMILES string of the molecule is CN(C(=O)C1CNCC[N]1)c1ccccc1. The molecule has 0 saturated carbocycles. The number of carbonyl (C=O) groups is 1. The molecule has 1 saturated heterocycles. The van der Waals surface area contributed by atoms with Gasteiger partial charge < -0.3 is 10.2 Å². The van der Waals surface area contributed by atoms with Crippen molar-refractivity contribution in [1.29, 1.82) is 0 Å². The third kappa shape index (κ3) is 2.40. The Kier molecular flexibility index (Phi) is 3.54. The molecule has 1 unspecified atom stereocenters. The quantitative estimate of drug-likeness (QED) is 0.772. The zero-order valence-corrected chi connectivity index (χ0v) is 9.39. The number of para-hydroxylation sites is 1. The summed E-state index contributed by atoms with van der Waals surface area (Å²) in [5.41, 5.74) is 0.910. The van der Waals surface area contributed by atoms with Gasteiger partial charge in [-0.3, -0.25) is 4.79 Å². The molecule has 1 aliphatic rings. The smallest absolute Gasteiger partial charge is 0.246 e. The lowest BCUT2D eigenvalue weighted by Gasteiger charge is -2.26. The first kappa shape index (κ1) is 11.1.